The standard InChI is InChI=1S/C17H11ClF3N3/c18-12-5-3-4-11(10-12)14-8-9-22-16(23-14)24-15-7-2-1-6-13(15)17(19,20)21/h1-10H,(H,22,23,24). The van der Waals surface area contributed by atoms with Crippen LogP contribution < -0.4 is 5.32 Å². The molecule has 3 aromatic rings. The minimum absolute atomic E-state index is 0.0733. The van der Waals surface area contributed by atoms with Gasteiger partial charge in [-0.2, -0.15) is 13.2 Å². The Labute approximate surface area is 141 Å². The Morgan fingerprint density at radius 3 is 2.50 bits per heavy atom. The fourth-order valence-corrected chi connectivity index (χ4v) is 2.38. The molecule has 0 radical (unpaired) electrons. The van der Waals surface area contributed by atoms with Gasteiger partial charge in [0.1, 0.15) is 0 Å². The lowest BCUT2D eigenvalue weighted by molar-refractivity contribution is -0.136. The Balaban J connectivity index is 1.94. The fourth-order valence-electron chi connectivity index (χ4n) is 2.19. The molecular formula is C17H11ClF3N3. The molecule has 0 bridgehead atoms. The van der Waals surface area contributed by atoms with Gasteiger partial charge in [0.2, 0.25) is 5.95 Å². The van der Waals surface area contributed by atoms with Crippen LogP contribution in [0.25, 0.3) is 11.3 Å². The third kappa shape index (κ3) is 3.65. The minimum atomic E-state index is -4.46. The van der Waals surface area contributed by atoms with Gasteiger partial charge in [-0.15, -0.1) is 0 Å². The summed E-state index contributed by atoms with van der Waals surface area (Å²) in [6.45, 7) is 0. The average Bonchev–Trinajstić information content (AvgIpc) is 2.55. The van der Waals surface area contributed by atoms with Crippen LogP contribution in [-0.4, -0.2) is 9.97 Å². The number of rotatable bonds is 3. The molecule has 0 unspecified atom stereocenters. The molecule has 2 aromatic carbocycles. The molecule has 0 aliphatic carbocycles. The monoisotopic (exact) mass is 349 g/mol. The van der Waals surface area contributed by atoms with E-state index in [4.69, 9.17) is 11.6 Å². The van der Waals surface area contributed by atoms with E-state index in [1.807, 2.05) is 6.07 Å². The topological polar surface area (TPSA) is 37.8 Å². The van der Waals surface area contributed by atoms with E-state index in [-0.39, 0.29) is 11.6 Å². The van der Waals surface area contributed by atoms with E-state index in [0.717, 1.165) is 11.6 Å². The Bertz CT molecular complexity index is 865. The van der Waals surface area contributed by atoms with Crippen LogP contribution in [0.1, 0.15) is 5.56 Å². The summed E-state index contributed by atoms with van der Waals surface area (Å²) in [6, 6.07) is 13.9. The van der Waals surface area contributed by atoms with Crippen molar-refractivity contribution in [2.24, 2.45) is 0 Å². The molecular weight excluding hydrogens is 339 g/mol. The van der Waals surface area contributed by atoms with Gasteiger partial charge >= 0.3 is 6.18 Å². The van der Waals surface area contributed by atoms with Crippen LogP contribution in [0.4, 0.5) is 24.8 Å². The zero-order valence-corrected chi connectivity index (χ0v) is 12.9. The Kier molecular flexibility index (Phi) is 4.40. The van der Waals surface area contributed by atoms with E-state index < -0.39 is 11.7 Å². The van der Waals surface area contributed by atoms with Gasteiger partial charge in [0, 0.05) is 16.8 Å². The van der Waals surface area contributed by atoms with E-state index in [1.54, 1.807) is 24.3 Å². The molecule has 24 heavy (non-hydrogen) atoms. The SMILES string of the molecule is FC(F)(F)c1ccccc1Nc1nccc(-c2cccc(Cl)c2)n1. The van der Waals surface area contributed by atoms with E-state index in [9.17, 15) is 13.2 Å². The number of alkyl halides is 3. The molecule has 7 heteroatoms. The Morgan fingerprint density at radius 1 is 0.958 bits per heavy atom. The normalized spacial score (nSPS) is 11.3. The summed E-state index contributed by atoms with van der Waals surface area (Å²) >= 11 is 5.95. The molecule has 1 N–H and O–H groups in total. The summed E-state index contributed by atoms with van der Waals surface area (Å²) in [6.07, 6.45) is -2.99. The molecule has 3 nitrogen and oxygen atoms in total. The predicted octanol–water partition coefficient (Wildman–Crippen LogP) is 5.56. The summed E-state index contributed by atoms with van der Waals surface area (Å²) in [5.74, 6) is 0.0733. The lowest BCUT2D eigenvalue weighted by atomic mass is 10.1. The molecule has 0 spiro atoms. The van der Waals surface area contributed by atoms with Crippen molar-refractivity contribution in [3.05, 3.63) is 71.4 Å². The van der Waals surface area contributed by atoms with Gasteiger partial charge in [-0.05, 0) is 30.3 Å². The summed E-state index contributed by atoms with van der Waals surface area (Å²) < 4.78 is 39.1. The number of aromatic nitrogens is 2. The molecule has 0 aliphatic heterocycles. The summed E-state index contributed by atoms with van der Waals surface area (Å²) in [5, 5.41) is 3.17. The van der Waals surface area contributed by atoms with Crippen molar-refractivity contribution in [2.75, 3.05) is 5.32 Å². The van der Waals surface area contributed by atoms with E-state index in [1.165, 1.54) is 24.4 Å². The average molecular weight is 350 g/mol. The lowest BCUT2D eigenvalue weighted by Crippen LogP contribution is -2.09. The Morgan fingerprint density at radius 2 is 1.75 bits per heavy atom. The number of benzene rings is 2. The maximum absolute atomic E-state index is 13.0. The molecule has 0 saturated carbocycles. The van der Waals surface area contributed by atoms with Gasteiger partial charge < -0.3 is 5.32 Å². The number of anilines is 2. The molecule has 0 amide bonds. The van der Waals surface area contributed by atoms with Gasteiger partial charge in [0.15, 0.2) is 0 Å². The zero-order valence-electron chi connectivity index (χ0n) is 12.2. The third-order valence-electron chi connectivity index (χ3n) is 3.25. The molecule has 0 aliphatic rings. The number of hydrogen-bond donors (Lipinski definition) is 1. The first-order valence-electron chi connectivity index (χ1n) is 6.96. The number of nitrogens with one attached hydrogen (secondary N) is 1. The highest BCUT2D eigenvalue weighted by Gasteiger charge is 2.33. The first-order chi connectivity index (χ1) is 11.4. The van der Waals surface area contributed by atoms with Gasteiger partial charge in [-0.3, -0.25) is 0 Å². The second-order valence-corrected chi connectivity index (χ2v) is 5.38. The summed E-state index contributed by atoms with van der Waals surface area (Å²) in [7, 11) is 0. The van der Waals surface area contributed by atoms with Gasteiger partial charge in [-0.1, -0.05) is 35.9 Å². The summed E-state index contributed by atoms with van der Waals surface area (Å²) in [5.41, 5.74) is 0.423. The third-order valence-corrected chi connectivity index (χ3v) is 3.49. The van der Waals surface area contributed by atoms with Crippen LogP contribution in [0.3, 0.4) is 0 Å². The first-order valence-corrected chi connectivity index (χ1v) is 7.33. The minimum Gasteiger partial charge on any atom is -0.324 e. The van der Waals surface area contributed by atoms with Crippen LogP contribution in [-0.2, 0) is 6.18 Å². The smallest absolute Gasteiger partial charge is 0.324 e. The second kappa shape index (κ2) is 6.49. The van der Waals surface area contributed by atoms with Crippen LogP contribution in [0, 0.1) is 0 Å². The Hall–Kier alpha value is -2.60. The molecule has 0 fully saturated rings. The number of para-hydroxylation sites is 1. The first kappa shape index (κ1) is 16.3. The molecule has 0 atom stereocenters. The largest absolute Gasteiger partial charge is 0.418 e. The van der Waals surface area contributed by atoms with Crippen molar-refractivity contribution >= 4 is 23.2 Å². The maximum atomic E-state index is 13.0. The molecule has 3 rings (SSSR count). The maximum Gasteiger partial charge on any atom is 0.418 e. The van der Waals surface area contributed by atoms with Crippen LogP contribution in [0.2, 0.25) is 5.02 Å². The molecule has 0 saturated heterocycles. The number of nitrogens with zero attached hydrogens (tertiary/aromatic N) is 2. The summed E-state index contributed by atoms with van der Waals surface area (Å²) in [4.78, 5) is 8.24. The fraction of sp³-hybridized carbons (Fsp3) is 0.0588. The van der Waals surface area contributed by atoms with E-state index >= 15 is 0 Å². The van der Waals surface area contributed by atoms with Crippen molar-refractivity contribution in [3.63, 3.8) is 0 Å². The highest BCUT2D eigenvalue weighted by atomic mass is 35.5. The number of halogens is 4. The second-order valence-electron chi connectivity index (χ2n) is 4.94. The van der Waals surface area contributed by atoms with Crippen LogP contribution in [0.15, 0.2) is 60.8 Å². The van der Waals surface area contributed by atoms with Crippen molar-refractivity contribution in [1.29, 1.82) is 0 Å². The number of hydrogen-bond acceptors (Lipinski definition) is 3. The highest BCUT2D eigenvalue weighted by Crippen LogP contribution is 2.35. The van der Waals surface area contributed by atoms with Crippen LogP contribution >= 0.6 is 11.6 Å². The van der Waals surface area contributed by atoms with Crippen molar-refractivity contribution in [2.45, 2.75) is 6.18 Å². The van der Waals surface area contributed by atoms with Gasteiger partial charge in [0.05, 0.1) is 16.9 Å². The highest BCUT2D eigenvalue weighted by molar-refractivity contribution is 6.30. The van der Waals surface area contributed by atoms with E-state index in [2.05, 4.69) is 15.3 Å². The quantitative estimate of drug-likeness (QED) is 0.672. The van der Waals surface area contributed by atoms with Crippen molar-refractivity contribution in [1.82, 2.24) is 9.97 Å². The van der Waals surface area contributed by atoms with Gasteiger partial charge in [0.25, 0.3) is 0 Å². The predicted molar refractivity (Wildman–Crippen MR) is 87.2 cm³/mol. The van der Waals surface area contributed by atoms with Gasteiger partial charge in [-0.25, -0.2) is 9.97 Å². The van der Waals surface area contributed by atoms with Crippen LogP contribution in [0.5, 0.6) is 0 Å². The van der Waals surface area contributed by atoms with Crippen molar-refractivity contribution < 1.29 is 13.2 Å². The van der Waals surface area contributed by atoms with Crippen molar-refractivity contribution in [3.8, 4) is 11.3 Å². The van der Waals surface area contributed by atoms with E-state index in [0.29, 0.717) is 10.7 Å². The molecule has 122 valence electrons. The molecule has 1 aromatic heterocycles. The lowest BCUT2D eigenvalue weighted by Gasteiger charge is -2.13. The molecule has 1 heterocycles. The zero-order chi connectivity index (χ0) is 17.2.